The van der Waals surface area contributed by atoms with E-state index in [-0.39, 0.29) is 0 Å². The summed E-state index contributed by atoms with van der Waals surface area (Å²) in [5.74, 6) is 0. The van der Waals surface area contributed by atoms with Gasteiger partial charge in [0.15, 0.2) is 0 Å². The van der Waals surface area contributed by atoms with E-state index in [0.29, 0.717) is 6.04 Å². The van der Waals surface area contributed by atoms with Crippen molar-refractivity contribution in [3.63, 3.8) is 0 Å². The van der Waals surface area contributed by atoms with Crippen LogP contribution in [0, 0.1) is 0 Å². The Bertz CT molecular complexity index is 265. The molecular formula is C14H28N4. The summed E-state index contributed by atoms with van der Waals surface area (Å²) in [7, 11) is 0. The maximum absolute atomic E-state index is 3.43. The molecule has 0 radical (unpaired) electrons. The summed E-state index contributed by atoms with van der Waals surface area (Å²) in [4.78, 5) is 5.18. The summed E-state index contributed by atoms with van der Waals surface area (Å²) < 4.78 is 0. The first kappa shape index (κ1) is 14.0. The Morgan fingerprint density at radius 2 is 1.61 bits per heavy atom. The summed E-state index contributed by atoms with van der Waals surface area (Å²) in [6, 6.07) is 0.590. The average molecular weight is 252 g/mol. The van der Waals surface area contributed by atoms with Crippen molar-refractivity contribution in [1.29, 1.82) is 0 Å². The van der Waals surface area contributed by atoms with Gasteiger partial charge in [0.2, 0.25) is 0 Å². The van der Waals surface area contributed by atoms with E-state index in [9.17, 15) is 0 Å². The number of nitrogens with zero attached hydrogens (tertiary/aromatic N) is 2. The molecule has 2 rings (SSSR count). The molecule has 1 unspecified atom stereocenters. The van der Waals surface area contributed by atoms with Crippen LogP contribution < -0.4 is 10.6 Å². The zero-order chi connectivity index (χ0) is 12.8. The van der Waals surface area contributed by atoms with Crippen LogP contribution in [0.5, 0.6) is 0 Å². The minimum absolute atomic E-state index is 0.590. The Kier molecular flexibility index (Phi) is 5.63. The fourth-order valence-corrected chi connectivity index (χ4v) is 2.90. The number of nitrogens with one attached hydrogen (secondary N) is 2. The highest BCUT2D eigenvalue weighted by Gasteiger charge is 2.21. The van der Waals surface area contributed by atoms with Gasteiger partial charge in [0.25, 0.3) is 0 Å². The lowest BCUT2D eigenvalue weighted by molar-refractivity contribution is 0.188. The molecular weight excluding hydrogens is 224 g/mol. The van der Waals surface area contributed by atoms with E-state index in [1.54, 1.807) is 5.57 Å². The minimum Gasteiger partial charge on any atom is -0.314 e. The highest BCUT2D eigenvalue weighted by Crippen LogP contribution is 2.13. The standard InChI is InChI=1S/C14H28N4/c1-3-14(12-17-8-4-15-5-9-17)13(2)18-10-6-16-7-11-18/h3,13,15-16H,4-12H2,1-2H3. The molecule has 4 heteroatoms. The molecule has 2 heterocycles. The molecule has 2 fully saturated rings. The van der Waals surface area contributed by atoms with Crippen molar-refractivity contribution in [2.75, 3.05) is 58.9 Å². The molecule has 2 saturated heterocycles. The van der Waals surface area contributed by atoms with Crippen LogP contribution in [-0.4, -0.2) is 74.7 Å². The molecule has 104 valence electrons. The Morgan fingerprint density at radius 3 is 2.17 bits per heavy atom. The molecule has 0 aromatic heterocycles. The van der Waals surface area contributed by atoms with E-state index in [4.69, 9.17) is 0 Å². The maximum atomic E-state index is 3.43. The van der Waals surface area contributed by atoms with Gasteiger partial charge in [-0.3, -0.25) is 9.80 Å². The molecule has 0 aromatic carbocycles. The van der Waals surface area contributed by atoms with Gasteiger partial charge >= 0.3 is 0 Å². The first-order valence-corrected chi connectivity index (χ1v) is 7.34. The van der Waals surface area contributed by atoms with Gasteiger partial charge in [-0.05, 0) is 19.4 Å². The van der Waals surface area contributed by atoms with E-state index in [1.165, 1.54) is 26.2 Å². The van der Waals surface area contributed by atoms with Crippen LogP contribution in [0.25, 0.3) is 0 Å². The van der Waals surface area contributed by atoms with E-state index >= 15 is 0 Å². The fraction of sp³-hybridized carbons (Fsp3) is 0.857. The predicted octanol–water partition coefficient (Wildman–Crippen LogP) is 0.132. The number of allylic oxidation sites excluding steroid dienone is 1. The Morgan fingerprint density at radius 1 is 1.06 bits per heavy atom. The zero-order valence-electron chi connectivity index (χ0n) is 11.9. The SMILES string of the molecule is CC=C(CN1CCNCC1)C(C)N1CCNCC1. The van der Waals surface area contributed by atoms with Gasteiger partial charge in [0.05, 0.1) is 0 Å². The van der Waals surface area contributed by atoms with Crippen molar-refractivity contribution >= 4 is 0 Å². The first-order chi connectivity index (χ1) is 8.81. The zero-order valence-corrected chi connectivity index (χ0v) is 11.9. The van der Waals surface area contributed by atoms with Gasteiger partial charge in [-0.2, -0.15) is 0 Å². The lowest BCUT2D eigenvalue weighted by Gasteiger charge is -2.36. The lowest BCUT2D eigenvalue weighted by atomic mass is 10.1. The van der Waals surface area contributed by atoms with E-state index in [2.05, 4.69) is 40.4 Å². The number of piperazine rings is 2. The molecule has 0 spiro atoms. The first-order valence-electron chi connectivity index (χ1n) is 7.34. The monoisotopic (exact) mass is 252 g/mol. The smallest absolute Gasteiger partial charge is 0.0292 e. The Hall–Kier alpha value is -0.420. The van der Waals surface area contributed by atoms with Gasteiger partial charge in [0.1, 0.15) is 0 Å². The van der Waals surface area contributed by atoms with Gasteiger partial charge < -0.3 is 10.6 Å². The molecule has 0 bridgehead atoms. The van der Waals surface area contributed by atoms with E-state index in [0.717, 1.165) is 32.7 Å². The van der Waals surface area contributed by atoms with Gasteiger partial charge in [-0.1, -0.05) is 6.08 Å². The van der Waals surface area contributed by atoms with Crippen LogP contribution in [0.2, 0.25) is 0 Å². The second-order valence-electron chi connectivity index (χ2n) is 5.35. The molecule has 0 aromatic rings. The maximum Gasteiger partial charge on any atom is 0.0292 e. The summed E-state index contributed by atoms with van der Waals surface area (Å²) in [5, 5.41) is 6.85. The van der Waals surface area contributed by atoms with Crippen LogP contribution >= 0.6 is 0 Å². The molecule has 2 aliphatic rings. The highest BCUT2D eigenvalue weighted by molar-refractivity contribution is 5.12. The second-order valence-corrected chi connectivity index (χ2v) is 5.35. The summed E-state index contributed by atoms with van der Waals surface area (Å²) in [5.41, 5.74) is 1.58. The van der Waals surface area contributed by atoms with Crippen molar-refractivity contribution in [2.24, 2.45) is 0 Å². The van der Waals surface area contributed by atoms with E-state index < -0.39 is 0 Å². The van der Waals surface area contributed by atoms with Crippen LogP contribution in [0.1, 0.15) is 13.8 Å². The lowest BCUT2D eigenvalue weighted by Crippen LogP contribution is -2.50. The molecule has 0 aliphatic carbocycles. The van der Waals surface area contributed by atoms with E-state index in [1.807, 2.05) is 0 Å². The molecule has 2 N–H and O–H groups in total. The molecule has 18 heavy (non-hydrogen) atoms. The summed E-state index contributed by atoms with van der Waals surface area (Å²) >= 11 is 0. The second kappa shape index (κ2) is 7.24. The fourth-order valence-electron chi connectivity index (χ4n) is 2.90. The number of hydrogen-bond acceptors (Lipinski definition) is 4. The summed E-state index contributed by atoms with van der Waals surface area (Å²) in [6.45, 7) is 15.0. The van der Waals surface area contributed by atoms with Gasteiger partial charge in [0, 0.05) is 64.9 Å². The molecule has 0 amide bonds. The third kappa shape index (κ3) is 3.79. The van der Waals surface area contributed by atoms with Gasteiger partial charge in [-0.15, -0.1) is 0 Å². The largest absolute Gasteiger partial charge is 0.314 e. The number of hydrogen-bond donors (Lipinski definition) is 2. The quantitative estimate of drug-likeness (QED) is 0.697. The summed E-state index contributed by atoms with van der Waals surface area (Å²) in [6.07, 6.45) is 2.33. The molecule has 2 aliphatic heterocycles. The highest BCUT2D eigenvalue weighted by atomic mass is 15.2. The van der Waals surface area contributed by atoms with Gasteiger partial charge in [-0.25, -0.2) is 0 Å². The van der Waals surface area contributed by atoms with Crippen molar-refractivity contribution in [2.45, 2.75) is 19.9 Å². The molecule has 0 saturated carbocycles. The van der Waals surface area contributed by atoms with Crippen LogP contribution in [-0.2, 0) is 0 Å². The number of rotatable bonds is 4. The third-order valence-corrected chi connectivity index (χ3v) is 4.22. The average Bonchev–Trinajstić information content (AvgIpc) is 2.46. The Labute approximate surface area is 111 Å². The molecule has 1 atom stereocenters. The minimum atomic E-state index is 0.590. The third-order valence-electron chi connectivity index (χ3n) is 4.22. The normalized spacial score (nSPS) is 26.2. The van der Waals surface area contributed by atoms with Crippen molar-refractivity contribution in [3.8, 4) is 0 Å². The van der Waals surface area contributed by atoms with Crippen molar-refractivity contribution in [3.05, 3.63) is 11.6 Å². The van der Waals surface area contributed by atoms with Crippen LogP contribution in [0.4, 0.5) is 0 Å². The van der Waals surface area contributed by atoms with Crippen molar-refractivity contribution in [1.82, 2.24) is 20.4 Å². The topological polar surface area (TPSA) is 30.5 Å². The predicted molar refractivity (Wildman–Crippen MR) is 77.0 cm³/mol. The molecule has 4 nitrogen and oxygen atoms in total. The van der Waals surface area contributed by atoms with Crippen LogP contribution in [0.15, 0.2) is 11.6 Å². The Balaban J connectivity index is 1.86. The van der Waals surface area contributed by atoms with Crippen molar-refractivity contribution < 1.29 is 0 Å². The van der Waals surface area contributed by atoms with Crippen LogP contribution in [0.3, 0.4) is 0 Å².